The predicted molar refractivity (Wildman–Crippen MR) is 124 cm³/mol. The number of fused-ring (bicyclic) bond motifs is 1. The third kappa shape index (κ3) is 5.34. The van der Waals surface area contributed by atoms with Crippen LogP contribution in [0.1, 0.15) is 25.8 Å². The Balaban J connectivity index is 1.72. The maximum absolute atomic E-state index is 13.1. The summed E-state index contributed by atoms with van der Waals surface area (Å²) >= 11 is 1.47. The second-order valence-electron chi connectivity index (χ2n) is 8.87. The Morgan fingerprint density at radius 2 is 1.93 bits per heavy atom. The normalized spacial score (nSPS) is 11.9. The van der Waals surface area contributed by atoms with E-state index in [1.165, 1.54) is 21.5 Å². The van der Waals surface area contributed by atoms with Gasteiger partial charge in [0, 0.05) is 37.0 Å². The summed E-state index contributed by atoms with van der Waals surface area (Å²) in [5.41, 5.74) is 2.96. The first-order chi connectivity index (χ1) is 14.2. The molecule has 0 radical (unpaired) electrons. The van der Waals surface area contributed by atoms with Crippen LogP contribution in [0, 0.1) is 12.3 Å². The van der Waals surface area contributed by atoms with E-state index in [-0.39, 0.29) is 23.3 Å². The van der Waals surface area contributed by atoms with Crippen molar-refractivity contribution >= 4 is 27.5 Å². The summed E-state index contributed by atoms with van der Waals surface area (Å²) in [6.07, 6.45) is 1.79. The number of thiophene rings is 1. The number of hydrogen-bond acceptors (Lipinski definition) is 5. The molecule has 0 bridgehead atoms. The summed E-state index contributed by atoms with van der Waals surface area (Å²) in [6, 6.07) is 8.12. The Morgan fingerprint density at radius 3 is 2.60 bits per heavy atom. The lowest BCUT2D eigenvalue weighted by molar-refractivity contribution is -0.121. The number of nitrogens with one attached hydrogen (secondary N) is 1. The van der Waals surface area contributed by atoms with Crippen LogP contribution in [0.4, 0.5) is 0 Å². The molecule has 1 amide bonds. The van der Waals surface area contributed by atoms with E-state index in [2.05, 4.69) is 29.0 Å². The minimum absolute atomic E-state index is 0.0178. The van der Waals surface area contributed by atoms with Gasteiger partial charge in [-0.15, -0.1) is 11.3 Å². The van der Waals surface area contributed by atoms with Crippen molar-refractivity contribution in [2.75, 3.05) is 27.2 Å². The second-order valence-corrected chi connectivity index (χ2v) is 9.73. The number of benzene rings is 1. The smallest absolute Gasteiger partial charge is 0.262 e. The highest BCUT2D eigenvalue weighted by molar-refractivity contribution is 7.17. The fourth-order valence-corrected chi connectivity index (χ4v) is 4.54. The summed E-state index contributed by atoms with van der Waals surface area (Å²) < 4.78 is 1.54. The van der Waals surface area contributed by atoms with E-state index in [0.29, 0.717) is 18.5 Å². The second kappa shape index (κ2) is 9.10. The van der Waals surface area contributed by atoms with Crippen molar-refractivity contribution in [2.24, 2.45) is 5.41 Å². The summed E-state index contributed by atoms with van der Waals surface area (Å²) in [6.45, 7) is 8.07. The molecular weight excluding hydrogens is 396 g/mol. The molecule has 3 rings (SSSR count). The van der Waals surface area contributed by atoms with Crippen LogP contribution in [0.25, 0.3) is 21.3 Å². The van der Waals surface area contributed by atoms with E-state index in [9.17, 15) is 9.59 Å². The van der Waals surface area contributed by atoms with Gasteiger partial charge in [-0.1, -0.05) is 43.7 Å². The fourth-order valence-electron chi connectivity index (χ4n) is 3.63. The van der Waals surface area contributed by atoms with Crippen molar-refractivity contribution < 1.29 is 4.79 Å². The molecule has 0 saturated carbocycles. The first-order valence-electron chi connectivity index (χ1n) is 10.1. The lowest BCUT2D eigenvalue weighted by atomic mass is 9.93. The summed E-state index contributed by atoms with van der Waals surface area (Å²) in [5.74, 6) is -0.0575. The minimum Gasteiger partial charge on any atom is -0.355 e. The van der Waals surface area contributed by atoms with E-state index in [1.54, 1.807) is 6.33 Å². The SMILES string of the molecule is Cc1ccc(-c2csc3ncn(CCC(=O)NCC(C)(C)CN(C)C)c(=O)c23)cc1. The first-order valence-corrected chi connectivity index (χ1v) is 11.0. The molecule has 0 aliphatic rings. The van der Waals surface area contributed by atoms with Crippen LogP contribution in [0.2, 0.25) is 0 Å². The van der Waals surface area contributed by atoms with Crippen molar-refractivity contribution in [3.8, 4) is 11.1 Å². The summed E-state index contributed by atoms with van der Waals surface area (Å²) in [7, 11) is 4.04. The van der Waals surface area contributed by atoms with Crippen LogP contribution < -0.4 is 10.9 Å². The number of aromatic nitrogens is 2. The van der Waals surface area contributed by atoms with Gasteiger partial charge in [0.1, 0.15) is 4.83 Å². The van der Waals surface area contributed by atoms with Crippen LogP contribution in [0.15, 0.2) is 40.8 Å². The number of carbonyl (C=O) groups is 1. The topological polar surface area (TPSA) is 67.2 Å². The third-order valence-electron chi connectivity index (χ3n) is 5.01. The molecule has 1 N–H and O–H groups in total. The van der Waals surface area contributed by atoms with E-state index in [0.717, 1.165) is 22.5 Å². The number of hydrogen-bond donors (Lipinski definition) is 1. The van der Waals surface area contributed by atoms with Crippen LogP contribution in [0.5, 0.6) is 0 Å². The maximum atomic E-state index is 13.1. The average Bonchev–Trinajstić information content (AvgIpc) is 3.10. The number of carbonyl (C=O) groups excluding carboxylic acids is 1. The molecule has 0 atom stereocenters. The van der Waals surface area contributed by atoms with Crippen molar-refractivity contribution in [2.45, 2.75) is 33.7 Å². The van der Waals surface area contributed by atoms with Gasteiger partial charge in [-0.3, -0.25) is 14.2 Å². The molecule has 0 fully saturated rings. The van der Waals surface area contributed by atoms with E-state index >= 15 is 0 Å². The largest absolute Gasteiger partial charge is 0.355 e. The van der Waals surface area contributed by atoms with Gasteiger partial charge in [-0.05, 0) is 32.0 Å². The van der Waals surface area contributed by atoms with Gasteiger partial charge in [0.25, 0.3) is 5.56 Å². The highest BCUT2D eigenvalue weighted by atomic mass is 32.1. The molecule has 0 spiro atoms. The quantitative estimate of drug-likeness (QED) is 0.598. The Morgan fingerprint density at radius 1 is 1.23 bits per heavy atom. The Hall–Kier alpha value is -2.51. The van der Waals surface area contributed by atoms with Crippen LogP contribution in [-0.2, 0) is 11.3 Å². The van der Waals surface area contributed by atoms with Crippen molar-refractivity contribution in [3.05, 3.63) is 51.9 Å². The fraction of sp³-hybridized carbons (Fsp3) is 0.435. The molecule has 0 unspecified atom stereocenters. The molecule has 160 valence electrons. The molecule has 0 aliphatic heterocycles. The number of rotatable bonds is 8. The average molecular weight is 427 g/mol. The highest BCUT2D eigenvalue weighted by Gasteiger charge is 2.20. The molecule has 0 saturated heterocycles. The van der Waals surface area contributed by atoms with Crippen LogP contribution >= 0.6 is 11.3 Å². The van der Waals surface area contributed by atoms with Gasteiger partial charge in [-0.25, -0.2) is 4.98 Å². The number of amides is 1. The lowest BCUT2D eigenvalue weighted by Gasteiger charge is -2.28. The standard InChI is InChI=1S/C23H30N4O2S/c1-16-6-8-17(9-7-16)18-12-30-21-20(18)22(29)27(15-25-21)11-10-19(28)24-13-23(2,3)14-26(4)5/h6-9,12,15H,10-11,13-14H2,1-5H3,(H,24,28). The molecular formula is C23H30N4O2S. The van der Waals surface area contributed by atoms with Crippen molar-refractivity contribution in [1.29, 1.82) is 0 Å². The van der Waals surface area contributed by atoms with E-state index in [4.69, 9.17) is 0 Å². The van der Waals surface area contributed by atoms with Crippen LogP contribution in [0.3, 0.4) is 0 Å². The lowest BCUT2D eigenvalue weighted by Crippen LogP contribution is -2.40. The highest BCUT2D eigenvalue weighted by Crippen LogP contribution is 2.30. The summed E-state index contributed by atoms with van der Waals surface area (Å²) in [4.78, 5) is 32.7. The van der Waals surface area contributed by atoms with Gasteiger partial charge in [-0.2, -0.15) is 0 Å². The van der Waals surface area contributed by atoms with E-state index < -0.39 is 0 Å². The zero-order valence-corrected chi connectivity index (χ0v) is 19.2. The Kier molecular flexibility index (Phi) is 6.73. The van der Waals surface area contributed by atoms with Gasteiger partial charge in [0.2, 0.25) is 5.91 Å². The zero-order chi connectivity index (χ0) is 21.9. The molecule has 6 nitrogen and oxygen atoms in total. The van der Waals surface area contributed by atoms with E-state index in [1.807, 2.05) is 50.7 Å². The Labute approximate surface area is 181 Å². The molecule has 2 heterocycles. The zero-order valence-electron chi connectivity index (χ0n) is 18.4. The number of aryl methyl sites for hydroxylation is 2. The molecule has 3 aromatic rings. The first kappa shape index (κ1) is 22.2. The maximum Gasteiger partial charge on any atom is 0.262 e. The predicted octanol–water partition coefficient (Wildman–Crippen LogP) is 3.53. The monoisotopic (exact) mass is 426 g/mol. The van der Waals surface area contributed by atoms with Crippen molar-refractivity contribution in [1.82, 2.24) is 19.8 Å². The molecule has 2 aromatic heterocycles. The number of nitrogens with zero attached hydrogens (tertiary/aromatic N) is 3. The van der Waals surface area contributed by atoms with Gasteiger partial charge in [0.05, 0.1) is 11.7 Å². The van der Waals surface area contributed by atoms with Crippen molar-refractivity contribution in [3.63, 3.8) is 0 Å². The van der Waals surface area contributed by atoms with Crippen LogP contribution in [-0.4, -0.2) is 47.5 Å². The minimum atomic E-state index is -0.0995. The third-order valence-corrected chi connectivity index (χ3v) is 5.90. The Bertz CT molecular complexity index is 1080. The molecule has 7 heteroatoms. The molecule has 30 heavy (non-hydrogen) atoms. The van der Waals surface area contributed by atoms with Gasteiger partial charge in [0.15, 0.2) is 0 Å². The molecule has 1 aromatic carbocycles. The molecule has 0 aliphatic carbocycles. The van der Waals surface area contributed by atoms with Gasteiger partial charge < -0.3 is 10.2 Å². The summed E-state index contributed by atoms with van der Waals surface area (Å²) in [5, 5.41) is 5.60. The van der Waals surface area contributed by atoms with Gasteiger partial charge >= 0.3 is 0 Å².